The van der Waals surface area contributed by atoms with E-state index >= 15 is 0 Å². The third-order valence-electron chi connectivity index (χ3n) is 5.74. The zero-order valence-corrected chi connectivity index (χ0v) is 17.5. The molecule has 0 spiro atoms. The Hall–Kier alpha value is -2.84. The van der Waals surface area contributed by atoms with Gasteiger partial charge in [0.05, 0.1) is 24.4 Å². The molecule has 2 aromatic rings. The molecule has 2 aliphatic heterocycles. The second-order valence-corrected chi connectivity index (χ2v) is 8.18. The van der Waals surface area contributed by atoms with Gasteiger partial charge in [0.2, 0.25) is 0 Å². The van der Waals surface area contributed by atoms with E-state index in [2.05, 4.69) is 0 Å². The van der Waals surface area contributed by atoms with E-state index in [0.717, 1.165) is 22.8 Å². The Morgan fingerprint density at radius 3 is 2.52 bits per heavy atom. The molecule has 1 amide bonds. The topological polar surface area (TPSA) is 53.0 Å². The summed E-state index contributed by atoms with van der Waals surface area (Å²) in [6.07, 6.45) is -4.54. The highest BCUT2D eigenvalue weighted by molar-refractivity contribution is 6.04. The van der Waals surface area contributed by atoms with Crippen molar-refractivity contribution in [1.82, 2.24) is 9.96 Å². The summed E-state index contributed by atoms with van der Waals surface area (Å²) in [5.74, 6) is -0.0216. The number of alkyl halides is 3. The van der Waals surface area contributed by atoms with E-state index in [4.69, 9.17) is 4.74 Å². The molecular formula is C23H23F3N2O3. The van der Waals surface area contributed by atoms with Crippen LogP contribution in [0.5, 0.6) is 5.75 Å². The third-order valence-corrected chi connectivity index (χ3v) is 5.74. The number of fused-ring (bicyclic) bond motifs is 2. The van der Waals surface area contributed by atoms with Crippen LogP contribution >= 0.6 is 0 Å². The van der Waals surface area contributed by atoms with Crippen LogP contribution in [0.15, 0.2) is 48.0 Å². The first-order valence-electron chi connectivity index (χ1n) is 10.0. The fourth-order valence-electron chi connectivity index (χ4n) is 4.07. The first kappa shape index (κ1) is 21.4. The van der Waals surface area contributed by atoms with Gasteiger partial charge in [-0.25, -0.2) is 0 Å². The van der Waals surface area contributed by atoms with E-state index in [1.165, 1.54) is 11.0 Å². The maximum absolute atomic E-state index is 13.5. The van der Waals surface area contributed by atoms with Crippen LogP contribution in [0.4, 0.5) is 13.2 Å². The van der Waals surface area contributed by atoms with Crippen molar-refractivity contribution in [2.24, 2.45) is 0 Å². The van der Waals surface area contributed by atoms with Crippen LogP contribution in [0.25, 0.3) is 5.70 Å². The number of benzene rings is 2. The van der Waals surface area contributed by atoms with E-state index in [1.807, 2.05) is 12.1 Å². The number of hydrogen-bond donors (Lipinski definition) is 1. The lowest BCUT2D eigenvalue weighted by molar-refractivity contribution is -0.137. The van der Waals surface area contributed by atoms with E-state index in [9.17, 15) is 23.2 Å². The molecule has 0 fully saturated rings. The first-order chi connectivity index (χ1) is 14.5. The van der Waals surface area contributed by atoms with Crippen LogP contribution in [0.2, 0.25) is 0 Å². The fourth-order valence-corrected chi connectivity index (χ4v) is 4.07. The zero-order valence-electron chi connectivity index (χ0n) is 17.5. The molecule has 1 N–H and O–H groups in total. The summed E-state index contributed by atoms with van der Waals surface area (Å²) < 4.78 is 46.5. The third kappa shape index (κ3) is 3.70. The van der Waals surface area contributed by atoms with Crippen molar-refractivity contribution < 1.29 is 27.9 Å². The minimum atomic E-state index is -4.54. The second-order valence-electron chi connectivity index (χ2n) is 8.18. The van der Waals surface area contributed by atoms with Crippen molar-refractivity contribution in [2.45, 2.75) is 39.1 Å². The maximum Gasteiger partial charge on any atom is 0.416 e. The van der Waals surface area contributed by atoms with Gasteiger partial charge in [-0.3, -0.25) is 4.79 Å². The van der Waals surface area contributed by atoms with Crippen LogP contribution in [-0.2, 0) is 12.7 Å². The van der Waals surface area contributed by atoms with E-state index in [0.29, 0.717) is 23.4 Å². The highest BCUT2D eigenvalue weighted by Gasteiger charge is 2.42. The second kappa shape index (κ2) is 7.39. The fraction of sp³-hybridized carbons (Fsp3) is 0.348. The largest absolute Gasteiger partial charge is 0.483 e. The van der Waals surface area contributed by atoms with E-state index in [-0.39, 0.29) is 30.3 Å². The predicted molar refractivity (Wildman–Crippen MR) is 108 cm³/mol. The van der Waals surface area contributed by atoms with Gasteiger partial charge in [-0.1, -0.05) is 25.1 Å². The number of amides is 1. The van der Waals surface area contributed by atoms with Crippen LogP contribution < -0.4 is 4.74 Å². The van der Waals surface area contributed by atoms with Crippen LogP contribution in [0.1, 0.15) is 47.8 Å². The number of ether oxygens (including phenoxy) is 1. The molecule has 0 radical (unpaired) electrons. The number of carbonyl (C=O) groups excluding carboxylic acids is 1. The Bertz CT molecular complexity index is 1080. The number of carbonyl (C=O) groups is 1. The summed E-state index contributed by atoms with van der Waals surface area (Å²) in [5, 5.41) is 11.3. The summed E-state index contributed by atoms with van der Waals surface area (Å²) in [6.45, 7) is 5.87. The Morgan fingerprint density at radius 2 is 1.87 bits per heavy atom. The highest BCUT2D eigenvalue weighted by Crippen LogP contribution is 2.46. The van der Waals surface area contributed by atoms with Gasteiger partial charge in [0.25, 0.3) is 5.91 Å². The molecule has 0 bridgehead atoms. The Kier molecular flexibility index (Phi) is 5.10. The highest BCUT2D eigenvalue weighted by atomic mass is 19.4. The number of rotatable bonds is 4. The van der Waals surface area contributed by atoms with Gasteiger partial charge in [-0.15, -0.1) is 0 Å². The summed E-state index contributed by atoms with van der Waals surface area (Å²) >= 11 is 0. The van der Waals surface area contributed by atoms with Crippen molar-refractivity contribution in [2.75, 3.05) is 13.1 Å². The first-order valence-corrected chi connectivity index (χ1v) is 10.0. The lowest BCUT2D eigenvalue weighted by Crippen LogP contribution is -2.43. The monoisotopic (exact) mass is 432 g/mol. The minimum absolute atomic E-state index is 0.0225. The number of nitrogens with zero attached hydrogens (tertiary/aromatic N) is 2. The molecule has 31 heavy (non-hydrogen) atoms. The normalized spacial score (nSPS) is 17.7. The van der Waals surface area contributed by atoms with Gasteiger partial charge in [0.15, 0.2) is 0 Å². The Labute approximate surface area is 178 Å². The smallest absolute Gasteiger partial charge is 0.416 e. The van der Waals surface area contributed by atoms with Crippen LogP contribution in [0, 0.1) is 0 Å². The van der Waals surface area contributed by atoms with Gasteiger partial charge in [0.1, 0.15) is 11.4 Å². The quantitative estimate of drug-likeness (QED) is 0.695. The molecule has 0 atom stereocenters. The molecule has 0 saturated heterocycles. The summed E-state index contributed by atoms with van der Waals surface area (Å²) in [5.41, 5.74) is 0.613. The number of hydrogen-bond acceptors (Lipinski definition) is 4. The minimum Gasteiger partial charge on any atom is -0.483 e. The van der Waals surface area contributed by atoms with Crippen molar-refractivity contribution in [1.29, 1.82) is 0 Å². The summed E-state index contributed by atoms with van der Waals surface area (Å²) in [7, 11) is 0. The lowest BCUT2D eigenvalue weighted by atomic mass is 9.88. The zero-order chi connectivity index (χ0) is 22.6. The SMILES string of the molecule is CCN(O)CC1=C(N2Cc3ccccc3C2=O)c2cc(C(F)(F)F)ccc2OC1(C)C. The molecule has 2 aromatic carbocycles. The van der Waals surface area contributed by atoms with Crippen molar-refractivity contribution in [3.63, 3.8) is 0 Å². The lowest BCUT2D eigenvalue weighted by Gasteiger charge is -2.40. The maximum atomic E-state index is 13.5. The summed E-state index contributed by atoms with van der Waals surface area (Å²) in [6, 6.07) is 10.4. The van der Waals surface area contributed by atoms with Gasteiger partial charge >= 0.3 is 6.18 Å². The molecule has 2 aliphatic rings. The summed E-state index contributed by atoms with van der Waals surface area (Å²) in [4.78, 5) is 14.7. The van der Waals surface area contributed by atoms with Crippen LogP contribution in [-0.4, -0.2) is 39.8 Å². The molecule has 5 nitrogen and oxygen atoms in total. The van der Waals surface area contributed by atoms with E-state index in [1.54, 1.807) is 32.9 Å². The van der Waals surface area contributed by atoms with Crippen molar-refractivity contribution in [3.05, 3.63) is 70.3 Å². The molecule has 0 saturated carbocycles. The molecular weight excluding hydrogens is 409 g/mol. The molecule has 0 aliphatic carbocycles. The molecule has 8 heteroatoms. The van der Waals surface area contributed by atoms with Gasteiger partial charge in [0, 0.05) is 23.2 Å². The average molecular weight is 432 g/mol. The van der Waals surface area contributed by atoms with E-state index < -0.39 is 17.3 Å². The van der Waals surface area contributed by atoms with Crippen molar-refractivity contribution in [3.8, 4) is 5.75 Å². The van der Waals surface area contributed by atoms with Crippen LogP contribution in [0.3, 0.4) is 0 Å². The van der Waals surface area contributed by atoms with Crippen molar-refractivity contribution >= 4 is 11.6 Å². The predicted octanol–water partition coefficient (Wildman–Crippen LogP) is 4.95. The molecule has 0 unspecified atom stereocenters. The van der Waals surface area contributed by atoms with Gasteiger partial charge in [-0.05, 0) is 43.7 Å². The average Bonchev–Trinajstić information content (AvgIpc) is 3.03. The van der Waals surface area contributed by atoms with Gasteiger partial charge < -0.3 is 14.8 Å². The molecule has 4 rings (SSSR count). The Morgan fingerprint density at radius 1 is 1.16 bits per heavy atom. The number of likely N-dealkylation sites (N-methyl/N-ethyl adjacent to an activating group) is 1. The number of hydroxylamine groups is 2. The Balaban J connectivity index is 1.95. The molecule has 0 aromatic heterocycles. The molecule has 164 valence electrons. The standard InChI is InChI=1S/C23H23F3N2O3/c1-4-27(30)13-18-20(28-12-14-7-5-6-8-16(14)21(28)29)17-11-15(23(24,25)26)9-10-19(17)31-22(18,2)3/h5-11,30H,4,12-13H2,1-3H3. The number of halogens is 3. The van der Waals surface area contributed by atoms with Gasteiger partial charge in [-0.2, -0.15) is 18.2 Å². The molecule has 2 heterocycles.